The molecular formula is C22H22FN5O. The Hall–Kier alpha value is -3.66. The van der Waals surface area contributed by atoms with E-state index >= 15 is 0 Å². The molecule has 29 heavy (non-hydrogen) atoms. The maximum atomic E-state index is 13.1. The number of anilines is 1. The van der Waals surface area contributed by atoms with E-state index in [-0.39, 0.29) is 17.5 Å². The van der Waals surface area contributed by atoms with Gasteiger partial charge in [-0.3, -0.25) is 4.79 Å². The first-order valence-electron chi connectivity index (χ1n) is 9.42. The summed E-state index contributed by atoms with van der Waals surface area (Å²) < 4.78 is 14.6. The second-order valence-electron chi connectivity index (χ2n) is 6.65. The topological polar surface area (TPSA) is 96.7 Å². The van der Waals surface area contributed by atoms with Crippen LogP contribution in [-0.4, -0.2) is 22.2 Å². The van der Waals surface area contributed by atoms with Crippen molar-refractivity contribution in [2.24, 2.45) is 0 Å². The SMILES string of the molecule is N#Cc1c(CCCNC(=O)CCc2ccccc2)nn(-c2ccc(F)cc2)c1N. The molecular weight excluding hydrogens is 369 g/mol. The number of carbonyl (C=O) groups is 1. The minimum atomic E-state index is -0.358. The van der Waals surface area contributed by atoms with Gasteiger partial charge in [0.25, 0.3) is 0 Å². The molecule has 0 saturated carbocycles. The van der Waals surface area contributed by atoms with Crippen LogP contribution >= 0.6 is 0 Å². The second kappa shape index (κ2) is 9.51. The van der Waals surface area contributed by atoms with E-state index in [1.807, 2.05) is 30.3 Å². The highest BCUT2D eigenvalue weighted by Gasteiger charge is 2.16. The number of aryl methyl sites for hydroxylation is 2. The Labute approximate surface area is 168 Å². The summed E-state index contributed by atoms with van der Waals surface area (Å²) in [5.74, 6) is -0.144. The first-order chi connectivity index (χ1) is 14.1. The number of nitrogens with two attached hydrogens (primary N) is 1. The molecule has 1 aromatic heterocycles. The van der Waals surface area contributed by atoms with Crippen LogP contribution in [0, 0.1) is 17.1 Å². The third kappa shape index (κ3) is 5.20. The van der Waals surface area contributed by atoms with E-state index in [0.29, 0.717) is 49.2 Å². The fourth-order valence-corrected chi connectivity index (χ4v) is 3.03. The average Bonchev–Trinajstić information content (AvgIpc) is 3.06. The molecule has 0 atom stereocenters. The molecule has 0 aliphatic rings. The molecule has 0 aliphatic heterocycles. The Balaban J connectivity index is 1.52. The number of nitrogen functional groups attached to an aromatic ring is 1. The molecule has 1 heterocycles. The third-order valence-corrected chi connectivity index (χ3v) is 4.57. The first-order valence-corrected chi connectivity index (χ1v) is 9.42. The Bertz CT molecular complexity index is 1010. The Morgan fingerprint density at radius 2 is 1.86 bits per heavy atom. The lowest BCUT2D eigenvalue weighted by atomic mass is 10.1. The van der Waals surface area contributed by atoms with Gasteiger partial charge in [0, 0.05) is 13.0 Å². The molecule has 0 bridgehead atoms. The molecule has 3 N–H and O–H groups in total. The number of benzene rings is 2. The van der Waals surface area contributed by atoms with Crippen LogP contribution < -0.4 is 11.1 Å². The fourth-order valence-electron chi connectivity index (χ4n) is 3.03. The van der Waals surface area contributed by atoms with Crippen LogP contribution in [0.2, 0.25) is 0 Å². The quantitative estimate of drug-likeness (QED) is 0.577. The van der Waals surface area contributed by atoms with E-state index in [0.717, 1.165) is 5.56 Å². The molecule has 0 unspecified atom stereocenters. The van der Waals surface area contributed by atoms with Gasteiger partial charge >= 0.3 is 0 Å². The molecule has 2 aromatic carbocycles. The molecule has 6 nitrogen and oxygen atoms in total. The van der Waals surface area contributed by atoms with Gasteiger partial charge in [0.15, 0.2) is 0 Å². The minimum absolute atomic E-state index is 0.00860. The van der Waals surface area contributed by atoms with Crippen molar-refractivity contribution in [3.05, 3.63) is 77.2 Å². The maximum Gasteiger partial charge on any atom is 0.220 e. The average molecular weight is 391 g/mol. The highest BCUT2D eigenvalue weighted by atomic mass is 19.1. The van der Waals surface area contributed by atoms with Crippen molar-refractivity contribution in [1.29, 1.82) is 5.26 Å². The van der Waals surface area contributed by atoms with Crippen LogP contribution in [0.3, 0.4) is 0 Å². The monoisotopic (exact) mass is 391 g/mol. The molecule has 148 valence electrons. The smallest absolute Gasteiger partial charge is 0.220 e. The summed E-state index contributed by atoms with van der Waals surface area (Å²) in [7, 11) is 0. The number of nitrogens with one attached hydrogen (secondary N) is 1. The lowest BCUT2D eigenvalue weighted by Gasteiger charge is -2.05. The first kappa shape index (κ1) is 20.1. The zero-order chi connectivity index (χ0) is 20.6. The zero-order valence-corrected chi connectivity index (χ0v) is 15.9. The van der Waals surface area contributed by atoms with Crippen LogP contribution in [0.1, 0.15) is 29.7 Å². The predicted molar refractivity (Wildman–Crippen MR) is 109 cm³/mol. The number of aromatic nitrogens is 2. The van der Waals surface area contributed by atoms with Crippen molar-refractivity contribution in [3.63, 3.8) is 0 Å². The number of amides is 1. The van der Waals surface area contributed by atoms with E-state index in [1.165, 1.54) is 16.8 Å². The summed E-state index contributed by atoms with van der Waals surface area (Å²) in [6.07, 6.45) is 2.26. The molecule has 1 amide bonds. The summed E-state index contributed by atoms with van der Waals surface area (Å²) in [6, 6.07) is 17.7. The van der Waals surface area contributed by atoms with Crippen molar-refractivity contribution in [3.8, 4) is 11.8 Å². The van der Waals surface area contributed by atoms with Gasteiger partial charge < -0.3 is 11.1 Å². The number of hydrogen-bond acceptors (Lipinski definition) is 4. The summed E-state index contributed by atoms with van der Waals surface area (Å²) >= 11 is 0. The zero-order valence-electron chi connectivity index (χ0n) is 15.9. The van der Waals surface area contributed by atoms with Crippen molar-refractivity contribution in [2.45, 2.75) is 25.7 Å². The van der Waals surface area contributed by atoms with Crippen LogP contribution in [0.15, 0.2) is 54.6 Å². The van der Waals surface area contributed by atoms with Gasteiger partial charge in [-0.2, -0.15) is 10.4 Å². The maximum absolute atomic E-state index is 13.1. The molecule has 3 aromatic rings. The van der Waals surface area contributed by atoms with Gasteiger partial charge in [-0.1, -0.05) is 30.3 Å². The highest BCUT2D eigenvalue weighted by Crippen LogP contribution is 2.21. The predicted octanol–water partition coefficient (Wildman–Crippen LogP) is 3.15. The molecule has 0 saturated heterocycles. The number of halogens is 1. The summed E-state index contributed by atoms with van der Waals surface area (Å²) in [5, 5.41) is 16.7. The number of nitriles is 1. The summed E-state index contributed by atoms with van der Waals surface area (Å²) in [4.78, 5) is 12.0. The van der Waals surface area contributed by atoms with Gasteiger partial charge in [0.2, 0.25) is 5.91 Å². The number of hydrogen-bond donors (Lipinski definition) is 2. The van der Waals surface area contributed by atoms with E-state index in [9.17, 15) is 14.4 Å². The summed E-state index contributed by atoms with van der Waals surface area (Å²) in [5.41, 5.74) is 8.63. The second-order valence-corrected chi connectivity index (χ2v) is 6.65. The molecule has 0 aliphatic carbocycles. The fraction of sp³-hybridized carbons (Fsp3) is 0.227. The van der Waals surface area contributed by atoms with Gasteiger partial charge in [-0.25, -0.2) is 9.07 Å². The van der Waals surface area contributed by atoms with Gasteiger partial charge in [-0.05, 0) is 49.1 Å². The van der Waals surface area contributed by atoms with Crippen LogP contribution in [-0.2, 0) is 17.6 Å². The number of carbonyl (C=O) groups excluding carboxylic acids is 1. The van der Waals surface area contributed by atoms with Crippen molar-refractivity contribution in [1.82, 2.24) is 15.1 Å². The van der Waals surface area contributed by atoms with Gasteiger partial charge in [0.05, 0.1) is 11.4 Å². The molecule has 0 spiro atoms. The Morgan fingerprint density at radius 1 is 1.14 bits per heavy atom. The van der Waals surface area contributed by atoms with E-state index in [4.69, 9.17) is 5.73 Å². The van der Waals surface area contributed by atoms with Gasteiger partial charge in [0.1, 0.15) is 23.3 Å². The lowest BCUT2D eigenvalue weighted by molar-refractivity contribution is -0.121. The van der Waals surface area contributed by atoms with E-state index < -0.39 is 0 Å². The highest BCUT2D eigenvalue weighted by molar-refractivity contribution is 5.76. The molecule has 3 rings (SSSR count). The largest absolute Gasteiger partial charge is 0.382 e. The molecule has 0 radical (unpaired) electrons. The molecule has 0 fully saturated rings. The van der Waals surface area contributed by atoms with Crippen molar-refractivity contribution in [2.75, 3.05) is 12.3 Å². The van der Waals surface area contributed by atoms with Crippen LogP contribution in [0.4, 0.5) is 10.2 Å². The van der Waals surface area contributed by atoms with Crippen LogP contribution in [0.5, 0.6) is 0 Å². The van der Waals surface area contributed by atoms with E-state index in [2.05, 4.69) is 16.5 Å². The Kier molecular flexibility index (Phi) is 6.59. The number of rotatable bonds is 8. The van der Waals surface area contributed by atoms with Crippen molar-refractivity contribution >= 4 is 11.7 Å². The van der Waals surface area contributed by atoms with Gasteiger partial charge in [-0.15, -0.1) is 0 Å². The lowest BCUT2D eigenvalue weighted by Crippen LogP contribution is -2.25. The third-order valence-electron chi connectivity index (χ3n) is 4.57. The van der Waals surface area contributed by atoms with E-state index in [1.54, 1.807) is 12.1 Å². The minimum Gasteiger partial charge on any atom is -0.382 e. The molecule has 7 heteroatoms. The summed E-state index contributed by atoms with van der Waals surface area (Å²) in [6.45, 7) is 0.488. The van der Waals surface area contributed by atoms with Crippen molar-refractivity contribution < 1.29 is 9.18 Å². The number of nitrogens with zero attached hydrogens (tertiary/aromatic N) is 3. The standard InChI is InChI=1S/C22H22FN5O/c23-17-9-11-18(12-10-17)28-22(25)19(15-24)20(27-28)7-4-14-26-21(29)13-8-16-5-2-1-3-6-16/h1-3,5-6,9-12H,4,7-8,13-14,25H2,(H,26,29). The van der Waals surface area contributed by atoms with Crippen LogP contribution in [0.25, 0.3) is 5.69 Å². The normalized spacial score (nSPS) is 10.5. The Morgan fingerprint density at radius 3 is 2.55 bits per heavy atom.